The van der Waals surface area contributed by atoms with E-state index in [2.05, 4.69) is 12.2 Å². The number of hydrogen-bond acceptors (Lipinski definition) is 1. The Morgan fingerprint density at radius 2 is 1.88 bits per heavy atom. The molecule has 1 nitrogen and oxygen atoms in total. The molecule has 2 aliphatic rings. The van der Waals surface area contributed by atoms with Gasteiger partial charge in [0.2, 0.25) is 0 Å². The monoisotopic (exact) mass is 223 g/mol. The van der Waals surface area contributed by atoms with Crippen LogP contribution in [0.1, 0.15) is 77.6 Å². The van der Waals surface area contributed by atoms with Gasteiger partial charge in [-0.15, -0.1) is 0 Å². The summed E-state index contributed by atoms with van der Waals surface area (Å²) in [6, 6.07) is 0. The van der Waals surface area contributed by atoms with Crippen molar-refractivity contribution in [3.05, 3.63) is 0 Å². The molecule has 1 saturated carbocycles. The molecule has 16 heavy (non-hydrogen) atoms. The second-order valence-corrected chi connectivity index (χ2v) is 6.12. The normalized spacial score (nSPS) is 32.8. The van der Waals surface area contributed by atoms with Crippen LogP contribution < -0.4 is 5.32 Å². The quantitative estimate of drug-likeness (QED) is 0.750. The van der Waals surface area contributed by atoms with Gasteiger partial charge in [0.05, 0.1) is 0 Å². The lowest BCUT2D eigenvalue weighted by Crippen LogP contribution is -2.45. The maximum absolute atomic E-state index is 3.92. The fraction of sp³-hybridized carbons (Fsp3) is 1.00. The third-order valence-electron chi connectivity index (χ3n) is 4.71. The van der Waals surface area contributed by atoms with E-state index in [9.17, 15) is 0 Å². The highest BCUT2D eigenvalue weighted by Gasteiger charge is 2.33. The van der Waals surface area contributed by atoms with Crippen molar-refractivity contribution in [3.8, 4) is 0 Å². The second-order valence-electron chi connectivity index (χ2n) is 6.12. The molecule has 1 unspecified atom stereocenters. The molecular weight excluding hydrogens is 194 g/mol. The van der Waals surface area contributed by atoms with Crippen molar-refractivity contribution < 1.29 is 0 Å². The Balaban J connectivity index is 1.94. The average Bonchev–Trinajstić information content (AvgIpc) is 2.66. The third kappa shape index (κ3) is 3.23. The zero-order valence-corrected chi connectivity index (χ0v) is 11.1. The molecular formula is C15H29N. The van der Waals surface area contributed by atoms with Gasteiger partial charge in [-0.2, -0.15) is 0 Å². The van der Waals surface area contributed by atoms with Crippen LogP contribution in [-0.4, -0.2) is 12.1 Å². The first kappa shape index (κ1) is 12.4. The van der Waals surface area contributed by atoms with Crippen molar-refractivity contribution >= 4 is 0 Å². The minimum absolute atomic E-state index is 0.528. The van der Waals surface area contributed by atoms with E-state index in [0.717, 1.165) is 5.92 Å². The van der Waals surface area contributed by atoms with Gasteiger partial charge in [0.15, 0.2) is 0 Å². The highest BCUT2D eigenvalue weighted by Crippen LogP contribution is 2.37. The molecule has 0 aromatic heterocycles. The molecule has 2 rings (SSSR count). The van der Waals surface area contributed by atoms with Gasteiger partial charge in [-0.3, -0.25) is 0 Å². The molecule has 1 heterocycles. The van der Waals surface area contributed by atoms with Gasteiger partial charge in [-0.25, -0.2) is 0 Å². The maximum atomic E-state index is 3.92. The fourth-order valence-corrected chi connectivity index (χ4v) is 3.94. The highest BCUT2D eigenvalue weighted by molar-refractivity contribution is 4.92. The SMILES string of the molecule is CCCC1(CC2CCCC2)CCCCCN1. The molecule has 1 N–H and O–H groups in total. The zero-order valence-electron chi connectivity index (χ0n) is 11.1. The standard InChI is InChI=1S/C15H29N/c1-2-10-15(11-6-3-7-12-16-15)13-14-8-4-5-9-14/h14,16H,2-13H2,1H3. The minimum Gasteiger partial charge on any atom is -0.311 e. The zero-order chi connectivity index (χ0) is 11.3. The number of hydrogen-bond donors (Lipinski definition) is 1. The van der Waals surface area contributed by atoms with Crippen LogP contribution in [0.2, 0.25) is 0 Å². The van der Waals surface area contributed by atoms with Gasteiger partial charge in [0, 0.05) is 5.54 Å². The summed E-state index contributed by atoms with van der Waals surface area (Å²) in [7, 11) is 0. The van der Waals surface area contributed by atoms with E-state index >= 15 is 0 Å². The van der Waals surface area contributed by atoms with Crippen LogP contribution >= 0.6 is 0 Å². The molecule has 0 bridgehead atoms. The molecule has 0 spiro atoms. The Hall–Kier alpha value is -0.0400. The van der Waals surface area contributed by atoms with Gasteiger partial charge < -0.3 is 5.32 Å². The summed E-state index contributed by atoms with van der Waals surface area (Å²) in [6.07, 6.45) is 16.0. The summed E-state index contributed by atoms with van der Waals surface area (Å²) >= 11 is 0. The van der Waals surface area contributed by atoms with Crippen LogP contribution in [0.5, 0.6) is 0 Å². The van der Waals surface area contributed by atoms with Gasteiger partial charge in [-0.1, -0.05) is 51.9 Å². The molecule has 0 amide bonds. The molecule has 1 atom stereocenters. The highest BCUT2D eigenvalue weighted by atomic mass is 15.0. The molecule has 1 saturated heterocycles. The van der Waals surface area contributed by atoms with Gasteiger partial charge >= 0.3 is 0 Å². The van der Waals surface area contributed by atoms with E-state index in [-0.39, 0.29) is 0 Å². The van der Waals surface area contributed by atoms with Crippen LogP contribution in [0, 0.1) is 5.92 Å². The predicted molar refractivity (Wildman–Crippen MR) is 70.7 cm³/mol. The lowest BCUT2D eigenvalue weighted by molar-refractivity contribution is 0.227. The molecule has 1 heteroatoms. The summed E-state index contributed by atoms with van der Waals surface area (Å²) in [5, 5.41) is 3.92. The minimum atomic E-state index is 0.528. The smallest absolute Gasteiger partial charge is 0.0184 e. The van der Waals surface area contributed by atoms with E-state index in [1.165, 1.54) is 77.2 Å². The molecule has 1 aliphatic carbocycles. The maximum Gasteiger partial charge on any atom is 0.0184 e. The Kier molecular flexibility index (Phi) is 4.69. The van der Waals surface area contributed by atoms with E-state index in [4.69, 9.17) is 0 Å². The molecule has 94 valence electrons. The molecule has 1 aliphatic heterocycles. The first-order chi connectivity index (χ1) is 7.85. The lowest BCUT2D eigenvalue weighted by atomic mass is 9.80. The van der Waals surface area contributed by atoms with Crippen LogP contribution in [0.15, 0.2) is 0 Å². The largest absolute Gasteiger partial charge is 0.311 e. The Labute approximate surface area is 101 Å². The predicted octanol–water partition coefficient (Wildman–Crippen LogP) is 4.27. The van der Waals surface area contributed by atoms with Gasteiger partial charge in [0.1, 0.15) is 0 Å². The Bertz CT molecular complexity index is 186. The van der Waals surface area contributed by atoms with Crippen molar-refractivity contribution in [2.45, 2.75) is 83.1 Å². The summed E-state index contributed by atoms with van der Waals surface area (Å²) < 4.78 is 0. The molecule has 0 radical (unpaired) electrons. The average molecular weight is 223 g/mol. The van der Waals surface area contributed by atoms with Crippen molar-refractivity contribution in [2.24, 2.45) is 5.92 Å². The lowest BCUT2D eigenvalue weighted by Gasteiger charge is -2.36. The summed E-state index contributed by atoms with van der Waals surface area (Å²) in [5.74, 6) is 1.04. The van der Waals surface area contributed by atoms with E-state index in [1.54, 1.807) is 0 Å². The van der Waals surface area contributed by atoms with Crippen molar-refractivity contribution in [1.82, 2.24) is 5.32 Å². The Morgan fingerprint density at radius 1 is 1.06 bits per heavy atom. The molecule has 0 aromatic rings. The summed E-state index contributed by atoms with van der Waals surface area (Å²) in [5.41, 5.74) is 0.528. The molecule has 0 aromatic carbocycles. The second kappa shape index (κ2) is 6.05. The third-order valence-corrected chi connectivity index (χ3v) is 4.71. The van der Waals surface area contributed by atoms with Crippen LogP contribution in [-0.2, 0) is 0 Å². The van der Waals surface area contributed by atoms with E-state index in [0.29, 0.717) is 5.54 Å². The van der Waals surface area contributed by atoms with Gasteiger partial charge in [-0.05, 0) is 38.1 Å². The number of rotatable bonds is 4. The van der Waals surface area contributed by atoms with E-state index < -0.39 is 0 Å². The topological polar surface area (TPSA) is 12.0 Å². The first-order valence-corrected chi connectivity index (χ1v) is 7.60. The molecule has 2 fully saturated rings. The summed E-state index contributed by atoms with van der Waals surface area (Å²) in [4.78, 5) is 0. The van der Waals surface area contributed by atoms with Crippen molar-refractivity contribution in [3.63, 3.8) is 0 Å². The van der Waals surface area contributed by atoms with Crippen molar-refractivity contribution in [1.29, 1.82) is 0 Å². The van der Waals surface area contributed by atoms with E-state index in [1.807, 2.05) is 0 Å². The van der Waals surface area contributed by atoms with Crippen LogP contribution in [0.25, 0.3) is 0 Å². The van der Waals surface area contributed by atoms with Crippen LogP contribution in [0.4, 0.5) is 0 Å². The Morgan fingerprint density at radius 3 is 2.62 bits per heavy atom. The fourth-order valence-electron chi connectivity index (χ4n) is 3.94. The first-order valence-electron chi connectivity index (χ1n) is 7.60. The van der Waals surface area contributed by atoms with Gasteiger partial charge in [0.25, 0.3) is 0 Å². The summed E-state index contributed by atoms with van der Waals surface area (Å²) in [6.45, 7) is 3.62. The van der Waals surface area contributed by atoms with Crippen molar-refractivity contribution in [2.75, 3.05) is 6.54 Å². The van der Waals surface area contributed by atoms with Crippen LogP contribution in [0.3, 0.4) is 0 Å². The number of nitrogens with one attached hydrogen (secondary N) is 1.